The Morgan fingerprint density at radius 2 is 1.57 bits per heavy atom. The number of carbonyl (C=O) groups excluding carboxylic acids is 5. The van der Waals surface area contributed by atoms with Gasteiger partial charge in [-0.3, -0.25) is 29.0 Å². The van der Waals surface area contributed by atoms with E-state index in [1.54, 1.807) is 38.1 Å². The van der Waals surface area contributed by atoms with Crippen LogP contribution in [0.1, 0.15) is 47.4 Å². The Morgan fingerprint density at radius 1 is 1.00 bits per heavy atom. The minimum atomic E-state index is -0.989. The first-order valence-corrected chi connectivity index (χ1v) is 9.09. The van der Waals surface area contributed by atoms with Gasteiger partial charge in [-0.1, -0.05) is 26.0 Å². The van der Waals surface area contributed by atoms with E-state index in [9.17, 15) is 24.0 Å². The molecule has 1 saturated heterocycles. The van der Waals surface area contributed by atoms with Gasteiger partial charge in [0.15, 0.2) is 0 Å². The first-order valence-electron chi connectivity index (χ1n) is 9.09. The molecule has 28 heavy (non-hydrogen) atoms. The van der Waals surface area contributed by atoms with Gasteiger partial charge >= 0.3 is 12.0 Å². The van der Waals surface area contributed by atoms with Crippen molar-refractivity contribution in [1.82, 2.24) is 15.1 Å². The Kier molecular flexibility index (Phi) is 5.17. The van der Waals surface area contributed by atoms with Gasteiger partial charge in [0.2, 0.25) is 0 Å². The lowest BCUT2D eigenvalue weighted by atomic mass is 9.93. The fourth-order valence-electron chi connectivity index (χ4n) is 3.42. The van der Waals surface area contributed by atoms with Gasteiger partial charge in [0, 0.05) is 0 Å². The standard InChI is InChI=1S/C19H21N3O6/c1-3-19(4-2)17(26)22(18(27)20-19)11-14(23)28-10-9-21-15(24)12-7-5-6-8-13(12)16(21)25/h5-8H,3-4,9-11H2,1-2H3,(H,20,27). The highest BCUT2D eigenvalue weighted by Crippen LogP contribution is 2.25. The van der Waals surface area contributed by atoms with Gasteiger partial charge in [-0.15, -0.1) is 0 Å². The van der Waals surface area contributed by atoms with Crippen molar-refractivity contribution in [3.8, 4) is 0 Å². The molecule has 2 heterocycles. The van der Waals surface area contributed by atoms with Crippen LogP contribution in [0.15, 0.2) is 24.3 Å². The molecule has 1 aromatic rings. The third-order valence-electron chi connectivity index (χ3n) is 5.20. The van der Waals surface area contributed by atoms with Crippen molar-refractivity contribution in [1.29, 1.82) is 0 Å². The van der Waals surface area contributed by atoms with Gasteiger partial charge in [0.1, 0.15) is 18.7 Å². The lowest BCUT2D eigenvalue weighted by molar-refractivity contribution is -0.148. The summed E-state index contributed by atoms with van der Waals surface area (Å²) in [6, 6.07) is 5.82. The van der Waals surface area contributed by atoms with Gasteiger partial charge in [0.05, 0.1) is 17.7 Å². The summed E-state index contributed by atoms with van der Waals surface area (Å²) in [5, 5.41) is 2.63. The number of fused-ring (bicyclic) bond motifs is 1. The number of urea groups is 1. The fourth-order valence-corrected chi connectivity index (χ4v) is 3.42. The Labute approximate surface area is 161 Å². The molecule has 0 bridgehead atoms. The van der Waals surface area contributed by atoms with Crippen LogP contribution in [0.25, 0.3) is 0 Å². The predicted molar refractivity (Wildman–Crippen MR) is 96.3 cm³/mol. The van der Waals surface area contributed by atoms with Gasteiger partial charge in [-0.05, 0) is 25.0 Å². The number of carbonyl (C=O) groups is 5. The molecule has 0 saturated carbocycles. The number of nitrogens with zero attached hydrogens (tertiary/aromatic N) is 2. The average Bonchev–Trinajstić information content (AvgIpc) is 3.08. The number of hydrogen-bond acceptors (Lipinski definition) is 6. The molecular formula is C19H21N3O6. The number of amides is 5. The lowest BCUT2D eigenvalue weighted by Crippen LogP contribution is -2.46. The highest BCUT2D eigenvalue weighted by molar-refractivity contribution is 6.21. The summed E-state index contributed by atoms with van der Waals surface area (Å²) in [5.41, 5.74) is -0.361. The minimum Gasteiger partial charge on any atom is -0.462 e. The van der Waals surface area contributed by atoms with Crippen molar-refractivity contribution in [2.45, 2.75) is 32.2 Å². The molecule has 9 nitrogen and oxygen atoms in total. The van der Waals surface area contributed by atoms with Crippen molar-refractivity contribution in [3.05, 3.63) is 35.4 Å². The van der Waals surface area contributed by atoms with Crippen LogP contribution < -0.4 is 5.32 Å². The van der Waals surface area contributed by atoms with E-state index in [4.69, 9.17) is 4.74 Å². The summed E-state index contributed by atoms with van der Waals surface area (Å²) in [6.07, 6.45) is 0.832. The average molecular weight is 387 g/mol. The Morgan fingerprint density at radius 3 is 2.07 bits per heavy atom. The Bertz CT molecular complexity index is 826. The van der Waals surface area contributed by atoms with Gasteiger partial charge in [-0.2, -0.15) is 0 Å². The Hall–Kier alpha value is -3.23. The summed E-state index contributed by atoms with van der Waals surface area (Å²) >= 11 is 0. The van der Waals surface area contributed by atoms with E-state index >= 15 is 0 Å². The highest BCUT2D eigenvalue weighted by Gasteiger charge is 2.49. The topological polar surface area (TPSA) is 113 Å². The van der Waals surface area contributed by atoms with Gasteiger partial charge in [0.25, 0.3) is 17.7 Å². The molecule has 0 atom stereocenters. The monoisotopic (exact) mass is 387 g/mol. The third kappa shape index (κ3) is 3.12. The van der Waals surface area contributed by atoms with Crippen molar-refractivity contribution in [2.24, 2.45) is 0 Å². The molecule has 148 valence electrons. The molecule has 2 aliphatic rings. The second-order valence-corrected chi connectivity index (χ2v) is 6.64. The number of hydrogen-bond donors (Lipinski definition) is 1. The maximum atomic E-state index is 12.5. The maximum Gasteiger partial charge on any atom is 0.326 e. The van der Waals surface area contributed by atoms with Crippen molar-refractivity contribution in [2.75, 3.05) is 19.7 Å². The SMILES string of the molecule is CCC1(CC)NC(=O)N(CC(=O)OCCN2C(=O)c3ccccc3C2=O)C1=O. The third-order valence-corrected chi connectivity index (χ3v) is 5.20. The molecule has 5 amide bonds. The van der Waals surface area contributed by atoms with E-state index in [2.05, 4.69) is 5.32 Å². The molecule has 0 spiro atoms. The number of nitrogens with one attached hydrogen (secondary N) is 1. The van der Waals surface area contributed by atoms with E-state index in [-0.39, 0.29) is 13.2 Å². The van der Waals surface area contributed by atoms with Crippen LogP contribution in [-0.4, -0.2) is 64.8 Å². The summed E-state index contributed by atoms with van der Waals surface area (Å²) < 4.78 is 5.03. The molecule has 0 aromatic heterocycles. The summed E-state index contributed by atoms with van der Waals surface area (Å²) in [7, 11) is 0. The van der Waals surface area contributed by atoms with Crippen LogP contribution in [0, 0.1) is 0 Å². The van der Waals surface area contributed by atoms with Crippen LogP contribution in [0.2, 0.25) is 0 Å². The molecular weight excluding hydrogens is 366 g/mol. The van der Waals surface area contributed by atoms with Gasteiger partial charge in [-0.25, -0.2) is 4.79 Å². The predicted octanol–water partition coefficient (Wildman–Crippen LogP) is 0.936. The number of benzene rings is 1. The second kappa shape index (κ2) is 7.41. The van der Waals surface area contributed by atoms with Crippen molar-refractivity contribution in [3.63, 3.8) is 0 Å². The second-order valence-electron chi connectivity index (χ2n) is 6.64. The van der Waals surface area contributed by atoms with E-state index in [1.807, 2.05) is 0 Å². The largest absolute Gasteiger partial charge is 0.462 e. The molecule has 2 aliphatic heterocycles. The van der Waals surface area contributed by atoms with Crippen LogP contribution in [0.4, 0.5) is 4.79 Å². The molecule has 1 fully saturated rings. The Balaban J connectivity index is 1.53. The van der Waals surface area contributed by atoms with Crippen molar-refractivity contribution < 1.29 is 28.7 Å². The summed E-state index contributed by atoms with van der Waals surface area (Å²) in [5.74, 6) is -2.13. The number of esters is 1. The molecule has 0 unspecified atom stereocenters. The number of rotatable bonds is 7. The number of imide groups is 2. The minimum absolute atomic E-state index is 0.105. The van der Waals surface area contributed by atoms with Crippen LogP contribution >= 0.6 is 0 Å². The van der Waals surface area contributed by atoms with Crippen molar-refractivity contribution >= 4 is 29.7 Å². The molecule has 3 rings (SSSR count). The molecule has 1 N–H and O–H groups in total. The summed E-state index contributed by atoms with van der Waals surface area (Å²) in [4.78, 5) is 62.9. The van der Waals surface area contributed by atoms with Crippen LogP contribution in [0.5, 0.6) is 0 Å². The van der Waals surface area contributed by atoms with Crippen LogP contribution in [-0.2, 0) is 14.3 Å². The summed E-state index contributed by atoms with van der Waals surface area (Å²) in [6.45, 7) is 2.72. The zero-order valence-electron chi connectivity index (χ0n) is 15.7. The normalized spacial score (nSPS) is 17.8. The van der Waals surface area contributed by atoms with E-state index < -0.39 is 41.8 Å². The highest BCUT2D eigenvalue weighted by atomic mass is 16.5. The quantitative estimate of drug-likeness (QED) is 0.423. The first-order chi connectivity index (χ1) is 13.3. The molecule has 0 radical (unpaired) electrons. The van der Waals surface area contributed by atoms with E-state index in [1.165, 1.54) is 0 Å². The molecule has 1 aromatic carbocycles. The zero-order chi connectivity index (χ0) is 20.5. The van der Waals surface area contributed by atoms with E-state index in [0.29, 0.717) is 24.0 Å². The van der Waals surface area contributed by atoms with Gasteiger partial charge < -0.3 is 10.1 Å². The first kappa shape index (κ1) is 19.5. The zero-order valence-corrected chi connectivity index (χ0v) is 15.7. The van der Waals surface area contributed by atoms with E-state index in [0.717, 1.165) is 9.80 Å². The fraction of sp³-hybridized carbons (Fsp3) is 0.421. The smallest absolute Gasteiger partial charge is 0.326 e. The number of ether oxygens (including phenoxy) is 1. The lowest BCUT2D eigenvalue weighted by Gasteiger charge is -2.22. The maximum absolute atomic E-state index is 12.5. The molecule has 0 aliphatic carbocycles. The van der Waals surface area contributed by atoms with Crippen LogP contribution in [0.3, 0.4) is 0 Å². The molecule has 9 heteroatoms.